The summed E-state index contributed by atoms with van der Waals surface area (Å²) < 4.78 is 16.0. The van der Waals surface area contributed by atoms with Gasteiger partial charge in [-0.3, -0.25) is 14.5 Å². The normalized spacial score (nSPS) is 14.4. The number of carbonyl (C=O) groups is 3. The molecule has 1 aliphatic heterocycles. The number of hydrogen-bond acceptors (Lipinski definition) is 7. The van der Waals surface area contributed by atoms with Crippen LogP contribution in [0.1, 0.15) is 21.5 Å². The highest BCUT2D eigenvalue weighted by Crippen LogP contribution is 2.35. The minimum absolute atomic E-state index is 0.145. The third kappa shape index (κ3) is 5.67. The molecule has 7 nitrogen and oxygen atoms in total. The van der Waals surface area contributed by atoms with Crippen molar-refractivity contribution in [2.24, 2.45) is 0 Å². The fourth-order valence-electron chi connectivity index (χ4n) is 3.31. The van der Waals surface area contributed by atoms with Crippen molar-refractivity contribution in [1.82, 2.24) is 4.90 Å². The van der Waals surface area contributed by atoms with E-state index in [0.29, 0.717) is 27.6 Å². The van der Waals surface area contributed by atoms with Gasteiger partial charge in [0.25, 0.3) is 11.1 Å². The number of hydrogen-bond donors (Lipinski definition) is 0. The third-order valence-electron chi connectivity index (χ3n) is 5.14. The highest BCUT2D eigenvalue weighted by Gasteiger charge is 2.35. The summed E-state index contributed by atoms with van der Waals surface area (Å²) in [7, 11) is 3.00. The van der Waals surface area contributed by atoms with Crippen LogP contribution in [0.3, 0.4) is 0 Å². The third-order valence-corrected chi connectivity index (χ3v) is 6.30. The highest BCUT2D eigenvalue weighted by atomic mass is 35.5. The molecule has 0 aliphatic carbocycles. The average molecular weight is 510 g/mol. The predicted molar refractivity (Wildman–Crippen MR) is 134 cm³/mol. The van der Waals surface area contributed by atoms with Gasteiger partial charge in [0.05, 0.1) is 31.2 Å². The quantitative estimate of drug-likeness (QED) is 0.226. The number of benzene rings is 3. The van der Waals surface area contributed by atoms with Gasteiger partial charge in [0.15, 0.2) is 11.5 Å². The van der Waals surface area contributed by atoms with E-state index in [-0.39, 0.29) is 22.4 Å². The standard InChI is InChI=1S/C26H20ClNO6S/c1-32-20-10-6-18(7-11-20)25(30)34-22-13-17(5-12-21(22)33-2)14-23-24(29)28(26(31)35-23)15-16-3-8-19(27)9-4-16/h3-14H,15H2,1-2H3/b23-14-. The molecule has 0 N–H and O–H groups in total. The summed E-state index contributed by atoms with van der Waals surface area (Å²) >= 11 is 6.76. The van der Waals surface area contributed by atoms with Gasteiger partial charge in [-0.05, 0) is 77.5 Å². The number of imide groups is 1. The van der Waals surface area contributed by atoms with Crippen molar-refractivity contribution >= 4 is 46.6 Å². The molecule has 1 saturated heterocycles. The Kier molecular flexibility index (Phi) is 7.43. The van der Waals surface area contributed by atoms with Gasteiger partial charge in [-0.25, -0.2) is 4.79 Å². The van der Waals surface area contributed by atoms with Crippen LogP contribution in [0.5, 0.6) is 17.2 Å². The topological polar surface area (TPSA) is 82.1 Å². The zero-order valence-corrected chi connectivity index (χ0v) is 20.4. The molecule has 0 saturated carbocycles. The van der Waals surface area contributed by atoms with Crippen LogP contribution >= 0.6 is 23.4 Å². The van der Waals surface area contributed by atoms with Gasteiger partial charge in [0.2, 0.25) is 0 Å². The lowest BCUT2D eigenvalue weighted by atomic mass is 10.1. The van der Waals surface area contributed by atoms with E-state index < -0.39 is 11.9 Å². The Labute approximate surface area is 211 Å². The molecule has 1 aliphatic rings. The van der Waals surface area contributed by atoms with Gasteiger partial charge in [0, 0.05) is 5.02 Å². The first-order chi connectivity index (χ1) is 16.9. The first-order valence-electron chi connectivity index (χ1n) is 10.4. The Morgan fingerprint density at radius 2 is 1.66 bits per heavy atom. The molecule has 0 unspecified atom stereocenters. The maximum Gasteiger partial charge on any atom is 0.343 e. The van der Waals surface area contributed by atoms with E-state index in [1.807, 2.05) is 0 Å². The number of nitrogens with zero attached hydrogens (tertiary/aromatic N) is 1. The lowest BCUT2D eigenvalue weighted by Gasteiger charge is -2.12. The molecule has 0 radical (unpaired) electrons. The van der Waals surface area contributed by atoms with Gasteiger partial charge in [0.1, 0.15) is 5.75 Å². The average Bonchev–Trinajstić information content (AvgIpc) is 3.12. The van der Waals surface area contributed by atoms with Gasteiger partial charge in [-0.15, -0.1) is 0 Å². The van der Waals surface area contributed by atoms with E-state index in [9.17, 15) is 14.4 Å². The molecular formula is C26H20ClNO6S. The number of esters is 1. The second-order valence-corrected chi connectivity index (χ2v) is 8.85. The van der Waals surface area contributed by atoms with Crippen molar-refractivity contribution in [2.45, 2.75) is 6.54 Å². The number of halogens is 1. The lowest BCUT2D eigenvalue weighted by molar-refractivity contribution is -0.123. The smallest absolute Gasteiger partial charge is 0.343 e. The Hall–Kier alpha value is -3.75. The van der Waals surface area contributed by atoms with Crippen LogP contribution in [-0.2, 0) is 11.3 Å². The zero-order valence-electron chi connectivity index (χ0n) is 18.8. The number of carbonyl (C=O) groups excluding carboxylic acids is 3. The summed E-state index contributed by atoms with van der Waals surface area (Å²) in [6, 6.07) is 18.3. The van der Waals surface area contributed by atoms with Crippen molar-refractivity contribution < 1.29 is 28.6 Å². The maximum absolute atomic E-state index is 12.9. The molecule has 3 aromatic rings. The number of thioether (sulfide) groups is 1. The van der Waals surface area contributed by atoms with Crippen LogP contribution in [0.15, 0.2) is 71.6 Å². The summed E-state index contributed by atoms with van der Waals surface area (Å²) in [6.07, 6.45) is 1.58. The molecule has 4 rings (SSSR count). The summed E-state index contributed by atoms with van der Waals surface area (Å²) in [5.74, 6) is 0.169. The molecule has 35 heavy (non-hydrogen) atoms. The van der Waals surface area contributed by atoms with Crippen LogP contribution in [0.2, 0.25) is 5.02 Å². The van der Waals surface area contributed by atoms with Crippen molar-refractivity contribution in [1.29, 1.82) is 0 Å². The minimum atomic E-state index is -0.577. The van der Waals surface area contributed by atoms with Crippen molar-refractivity contribution in [3.05, 3.63) is 93.3 Å². The summed E-state index contributed by atoms with van der Waals surface area (Å²) in [6.45, 7) is 0.145. The van der Waals surface area contributed by atoms with Crippen LogP contribution < -0.4 is 14.2 Å². The van der Waals surface area contributed by atoms with Gasteiger partial charge in [-0.2, -0.15) is 0 Å². The molecule has 3 aromatic carbocycles. The molecule has 9 heteroatoms. The molecule has 0 aromatic heterocycles. The monoisotopic (exact) mass is 509 g/mol. The van der Waals surface area contributed by atoms with E-state index in [4.69, 9.17) is 25.8 Å². The molecular weight excluding hydrogens is 490 g/mol. The molecule has 2 amide bonds. The molecule has 1 heterocycles. The Morgan fingerprint density at radius 3 is 2.31 bits per heavy atom. The van der Waals surface area contributed by atoms with Crippen LogP contribution in [0, 0.1) is 0 Å². The van der Waals surface area contributed by atoms with Crippen molar-refractivity contribution in [3.63, 3.8) is 0 Å². The Morgan fingerprint density at radius 1 is 0.943 bits per heavy atom. The minimum Gasteiger partial charge on any atom is -0.497 e. The molecule has 178 valence electrons. The van der Waals surface area contributed by atoms with E-state index in [1.54, 1.807) is 72.8 Å². The van der Waals surface area contributed by atoms with E-state index >= 15 is 0 Å². The Bertz CT molecular complexity index is 1300. The SMILES string of the molecule is COc1ccc(C(=O)Oc2cc(/C=C3\SC(=O)N(Cc4ccc(Cl)cc4)C3=O)ccc2OC)cc1. The molecule has 1 fully saturated rings. The van der Waals surface area contributed by atoms with Gasteiger partial charge >= 0.3 is 5.97 Å². The van der Waals surface area contributed by atoms with E-state index in [2.05, 4.69) is 0 Å². The number of rotatable bonds is 7. The van der Waals surface area contributed by atoms with Crippen molar-refractivity contribution in [3.8, 4) is 17.2 Å². The van der Waals surface area contributed by atoms with E-state index in [1.165, 1.54) is 19.1 Å². The van der Waals surface area contributed by atoms with Crippen molar-refractivity contribution in [2.75, 3.05) is 14.2 Å². The largest absolute Gasteiger partial charge is 0.497 e. The fourth-order valence-corrected chi connectivity index (χ4v) is 4.27. The van der Waals surface area contributed by atoms with Crippen LogP contribution in [0.25, 0.3) is 6.08 Å². The first kappa shape index (κ1) is 24.4. The van der Waals surface area contributed by atoms with Crippen LogP contribution in [0.4, 0.5) is 4.79 Å². The molecule has 0 bridgehead atoms. The number of ether oxygens (including phenoxy) is 3. The van der Waals surface area contributed by atoms with E-state index in [0.717, 1.165) is 17.3 Å². The molecule has 0 spiro atoms. The highest BCUT2D eigenvalue weighted by molar-refractivity contribution is 8.18. The summed E-state index contributed by atoms with van der Waals surface area (Å²) in [5, 5.41) is 0.210. The molecule has 0 atom stereocenters. The first-order valence-corrected chi connectivity index (χ1v) is 11.6. The fraction of sp³-hybridized carbons (Fsp3) is 0.115. The van der Waals surface area contributed by atoms with Crippen LogP contribution in [-0.4, -0.2) is 36.2 Å². The van der Waals surface area contributed by atoms with Gasteiger partial charge < -0.3 is 14.2 Å². The predicted octanol–water partition coefficient (Wildman–Crippen LogP) is 5.81. The number of methoxy groups -OCH3 is 2. The summed E-state index contributed by atoms with van der Waals surface area (Å²) in [5.41, 5.74) is 1.69. The van der Waals surface area contributed by atoms with Gasteiger partial charge in [-0.1, -0.05) is 29.8 Å². The maximum atomic E-state index is 12.9. The zero-order chi connectivity index (χ0) is 24.9. The second kappa shape index (κ2) is 10.7. The second-order valence-electron chi connectivity index (χ2n) is 7.42. The number of amides is 2. The summed E-state index contributed by atoms with van der Waals surface area (Å²) in [4.78, 5) is 39.4. The Balaban J connectivity index is 1.53. The lowest BCUT2D eigenvalue weighted by Crippen LogP contribution is -2.27.